The predicted molar refractivity (Wildman–Crippen MR) is 330 cm³/mol. The molecule has 0 saturated carbocycles. The van der Waals surface area contributed by atoms with Crippen molar-refractivity contribution >= 4 is 72.6 Å². The monoisotopic (exact) mass is 1330 g/mol. The van der Waals surface area contributed by atoms with Crippen molar-refractivity contribution in [2.24, 2.45) is 0 Å². The first-order chi connectivity index (χ1) is 42.5. The molecule has 2 amide bonds. The third-order valence-corrected chi connectivity index (χ3v) is 20.4. The molecule has 1 aromatic carbocycles. The summed E-state index contributed by atoms with van der Waals surface area (Å²) in [5.41, 5.74) is -0.785. The molecular formula is C59H82N4O22S4. The zero-order valence-corrected chi connectivity index (χ0v) is 54.9. The number of anilines is 1. The number of fused-ring (bicyclic) bond motifs is 2. The zero-order valence-electron chi connectivity index (χ0n) is 51.6. The van der Waals surface area contributed by atoms with Gasteiger partial charge in [0.15, 0.2) is 54.1 Å². The molecule has 4 aliphatic heterocycles. The highest BCUT2D eigenvalue weighted by Gasteiger charge is 2.57. The average Bonchev–Trinajstić information content (AvgIpc) is 0.971. The van der Waals surface area contributed by atoms with E-state index in [-0.39, 0.29) is 101 Å². The van der Waals surface area contributed by atoms with E-state index in [4.69, 9.17) is 66.4 Å². The van der Waals surface area contributed by atoms with Crippen LogP contribution < -0.4 is 30.9 Å². The van der Waals surface area contributed by atoms with Gasteiger partial charge < -0.3 is 92.6 Å². The molecule has 4 saturated heterocycles. The summed E-state index contributed by atoms with van der Waals surface area (Å²) in [6.45, 7) is 12.7. The Morgan fingerprint density at radius 1 is 0.854 bits per heavy atom. The van der Waals surface area contributed by atoms with Gasteiger partial charge in [0.2, 0.25) is 5.78 Å². The van der Waals surface area contributed by atoms with E-state index in [1.54, 1.807) is 20.1 Å². The molecule has 4 fully saturated rings. The molecule has 0 spiro atoms. The largest absolute Gasteiger partial charge is 0.493 e. The van der Waals surface area contributed by atoms with E-state index in [1.165, 1.54) is 83.6 Å². The number of methoxy groups -OCH3 is 5. The molecule has 494 valence electrons. The zero-order chi connectivity index (χ0) is 64.9. The van der Waals surface area contributed by atoms with Crippen LogP contribution in [0, 0.1) is 23.7 Å². The van der Waals surface area contributed by atoms with Crippen LogP contribution in [-0.4, -0.2) is 226 Å². The second-order valence-corrected chi connectivity index (χ2v) is 27.0. The van der Waals surface area contributed by atoms with Crippen LogP contribution in [0.2, 0.25) is 0 Å². The summed E-state index contributed by atoms with van der Waals surface area (Å²) in [4.78, 5) is 62.5. The van der Waals surface area contributed by atoms with Gasteiger partial charge in [-0.2, -0.15) is 17.2 Å². The van der Waals surface area contributed by atoms with Crippen molar-refractivity contribution < 1.29 is 106 Å². The topological polar surface area (TPSA) is 327 Å². The Balaban J connectivity index is 1.27. The molecular weight excluding hydrogens is 1240 g/mol. The summed E-state index contributed by atoms with van der Waals surface area (Å²) in [6.07, 6.45) is -13.9. The van der Waals surface area contributed by atoms with Crippen LogP contribution in [0.4, 0.5) is 10.5 Å². The summed E-state index contributed by atoms with van der Waals surface area (Å²) in [5.74, 6) is 9.21. The third kappa shape index (κ3) is 17.7. The maximum Gasteiger partial charge on any atom is 0.411 e. The quantitative estimate of drug-likeness (QED) is 0.0132. The first-order valence-corrected chi connectivity index (χ1v) is 34.1. The van der Waals surface area contributed by atoms with Crippen LogP contribution in [0.3, 0.4) is 0 Å². The Bertz CT molecular complexity index is 2840. The van der Waals surface area contributed by atoms with Crippen molar-refractivity contribution in [2.75, 3.05) is 65.7 Å². The van der Waals surface area contributed by atoms with Crippen molar-refractivity contribution in [1.29, 1.82) is 0 Å². The molecule has 8 N–H and O–H groups in total. The van der Waals surface area contributed by atoms with Gasteiger partial charge in [-0.05, 0) is 43.1 Å². The predicted octanol–water partition coefficient (Wildman–Crippen LogP) is 3.64. The first kappa shape index (κ1) is 72.1. The highest BCUT2D eigenvalue weighted by atomic mass is 33.5. The fourth-order valence-electron chi connectivity index (χ4n) is 10.9. The van der Waals surface area contributed by atoms with Crippen molar-refractivity contribution in [3.63, 3.8) is 0 Å². The first-order valence-electron chi connectivity index (χ1n) is 28.7. The summed E-state index contributed by atoms with van der Waals surface area (Å²) in [7, 11) is 10.8. The fraction of sp³-hybridized carbons (Fsp3) is 0.661. The van der Waals surface area contributed by atoms with Crippen LogP contribution >= 0.6 is 43.2 Å². The van der Waals surface area contributed by atoms with Crippen molar-refractivity contribution in [2.45, 2.75) is 188 Å². The van der Waals surface area contributed by atoms with Gasteiger partial charge in [-0.25, -0.2) is 9.59 Å². The Hall–Kier alpha value is -4.36. The number of aliphatic hydroxyl groups excluding tert-OH is 3. The summed E-state index contributed by atoms with van der Waals surface area (Å²) >= 11 is 1.48. The minimum Gasteiger partial charge on any atom is -0.493 e. The van der Waals surface area contributed by atoms with Gasteiger partial charge >= 0.3 is 12.1 Å². The summed E-state index contributed by atoms with van der Waals surface area (Å²) < 4.78 is 78.1. The van der Waals surface area contributed by atoms with Crippen LogP contribution in [0.1, 0.15) is 77.1 Å². The van der Waals surface area contributed by atoms with Gasteiger partial charge in [-0.1, -0.05) is 71.8 Å². The SMILES string of the molecule is C=C(OC)C(=O)Nc1cc(OC)c(OC)cc1C(=O)O[C@H]1CC(O[C@@H]2C(=O)C(NC(=O)OC)=C3/C(=C\CSSSC)[C@]2(O)C#CCCC#C[C@@H]3O[C@@H]2O[C@H](C)[C@@H](NOC3C[C@H](O)[C@H](SC)[C@@H](C)O3)[C@H](O)[C@H]2O[C@H]2C[C@H](OC)C(NC(C)C)CO2)O[C@@H](C)C1O. The second kappa shape index (κ2) is 33.5. The number of amides is 2. The molecule has 2 bridgehead atoms. The molecule has 6 aliphatic rings. The Morgan fingerprint density at radius 2 is 1.56 bits per heavy atom. The highest BCUT2D eigenvalue weighted by molar-refractivity contribution is 9.09. The lowest BCUT2D eigenvalue weighted by Crippen LogP contribution is -2.65. The van der Waals surface area contributed by atoms with E-state index in [0.29, 0.717) is 0 Å². The van der Waals surface area contributed by atoms with Crippen molar-refractivity contribution in [1.82, 2.24) is 16.1 Å². The van der Waals surface area contributed by atoms with Gasteiger partial charge in [-0.15, -0.1) is 0 Å². The summed E-state index contributed by atoms with van der Waals surface area (Å²) in [6, 6.07) is 1.42. The lowest BCUT2D eigenvalue weighted by molar-refractivity contribution is -0.336. The Labute approximate surface area is 534 Å². The van der Waals surface area contributed by atoms with Gasteiger partial charge in [0.1, 0.15) is 30.5 Å². The van der Waals surface area contributed by atoms with Gasteiger partial charge in [0.05, 0.1) is 99.8 Å². The molecule has 4 heterocycles. The number of hydrogen-bond acceptors (Lipinski definition) is 28. The maximum atomic E-state index is 15.6. The van der Waals surface area contributed by atoms with E-state index >= 15 is 4.79 Å². The molecule has 4 unspecified atom stereocenters. The minimum atomic E-state index is -2.61. The fourth-order valence-corrected chi connectivity index (χ4v) is 14.2. The lowest BCUT2D eigenvalue weighted by Gasteiger charge is -2.47. The van der Waals surface area contributed by atoms with Crippen LogP contribution in [0.15, 0.2) is 47.4 Å². The van der Waals surface area contributed by atoms with E-state index < -0.39 is 134 Å². The van der Waals surface area contributed by atoms with E-state index in [9.17, 15) is 34.8 Å². The summed E-state index contributed by atoms with van der Waals surface area (Å²) in [5, 5.41) is 56.9. The van der Waals surface area contributed by atoms with Crippen LogP contribution in [0.5, 0.6) is 11.5 Å². The van der Waals surface area contributed by atoms with Crippen LogP contribution in [0.25, 0.3) is 0 Å². The number of esters is 1. The molecule has 0 aromatic heterocycles. The molecule has 2 aliphatic carbocycles. The number of carbonyl (C=O) groups is 4. The molecule has 19 atom stereocenters. The standard InChI is InChI=1S/C59H82N4O22S4/c1-28(2)60-36-27-77-43(25-39(36)73-8)83-52-50(66)47(63-85-45-24-37(64)53(86-12)31(5)79-45)29(3)80-57(52)82-38-18-16-14-15-17-20-59(71)34(19-21-88-89-87-13)46(38)48(62-58(70)76-11)51(67)54(59)84-44-26-42(49(65)30(4)78-44)81-56(69)33-22-40(74-9)41(75-10)23-35(33)61-55(68)32(6)72-7/h19,22-23,28-31,36-39,42-45,47,49-50,52-54,57,60,63-66,71H,6,14-15,21,24-27H2,1-5,7-13H3,(H,61,68)(H,62,70)/b34-19+/t29-,30+,31-,36?,37+,38+,39+,42+,43+,44?,45?,47-,49?,50+,52-,53-,54-,57+,59-/m1/s1. The van der Waals surface area contributed by atoms with E-state index in [1.807, 2.05) is 33.3 Å². The molecule has 0 radical (unpaired) electrons. The lowest BCUT2D eigenvalue weighted by atomic mass is 9.73. The maximum absolute atomic E-state index is 15.6. The van der Waals surface area contributed by atoms with E-state index in [0.717, 1.165) is 7.11 Å². The third-order valence-electron chi connectivity index (χ3n) is 15.4. The number of hydrogen-bond donors (Lipinski definition) is 8. The number of carbonyl (C=O) groups excluding carboxylic acids is 4. The number of thioether (sulfide) groups is 1. The number of ketones is 1. The molecule has 7 rings (SSSR count). The molecule has 30 heteroatoms. The van der Waals surface area contributed by atoms with Crippen molar-refractivity contribution in [3.8, 4) is 35.2 Å². The Kier molecular flexibility index (Phi) is 27.1. The number of Topliss-reactive ketones (excluding diaryl/α,β-unsaturated/α-hetero) is 1. The number of benzene rings is 1. The van der Waals surface area contributed by atoms with Crippen molar-refractivity contribution in [3.05, 3.63) is 53.0 Å². The van der Waals surface area contributed by atoms with E-state index in [2.05, 4.69) is 51.7 Å². The molecule has 26 nitrogen and oxygen atoms in total. The number of alkyl carbamates (subject to hydrolysis) is 1. The smallest absolute Gasteiger partial charge is 0.411 e. The highest BCUT2D eigenvalue weighted by Crippen LogP contribution is 2.44. The number of hydroxylamine groups is 1. The normalized spacial score (nSPS) is 34.3. The number of aliphatic hydroxyl groups is 4. The number of ether oxygens (including phenoxy) is 13. The van der Waals surface area contributed by atoms with Gasteiger partial charge in [0.25, 0.3) is 5.91 Å². The van der Waals surface area contributed by atoms with Crippen LogP contribution in [-0.2, 0) is 66.5 Å². The van der Waals surface area contributed by atoms with Gasteiger partial charge in [-0.3, -0.25) is 19.7 Å². The number of nitrogens with one attached hydrogen (secondary N) is 4. The Morgan fingerprint density at radius 3 is 2.22 bits per heavy atom. The molecule has 89 heavy (non-hydrogen) atoms. The average molecular weight is 1330 g/mol. The molecule has 1 aromatic rings. The second-order valence-electron chi connectivity index (χ2n) is 21.6. The van der Waals surface area contributed by atoms with Gasteiger partial charge in [0, 0.05) is 74.3 Å². The number of rotatable bonds is 25. The minimum absolute atomic E-state index is 0.0680.